The molecule has 2 fully saturated rings. The molecule has 24 heavy (non-hydrogen) atoms. The van der Waals surface area contributed by atoms with Gasteiger partial charge in [-0.1, -0.05) is 6.07 Å². The summed E-state index contributed by atoms with van der Waals surface area (Å²) in [6.45, 7) is 1.35. The summed E-state index contributed by atoms with van der Waals surface area (Å²) in [6, 6.07) is 3.77. The number of carbonyl (C=O) groups excluding carboxylic acids is 2. The fraction of sp³-hybridized carbons (Fsp3) is 0.471. The fourth-order valence-corrected chi connectivity index (χ4v) is 4.68. The molecule has 0 radical (unpaired) electrons. The van der Waals surface area contributed by atoms with Gasteiger partial charge in [-0.15, -0.1) is 11.3 Å². The van der Waals surface area contributed by atoms with Crippen molar-refractivity contribution in [1.29, 1.82) is 0 Å². The number of hydrogen-bond donors (Lipinski definition) is 1. The van der Waals surface area contributed by atoms with Gasteiger partial charge < -0.3 is 10.2 Å². The standard InChI is InChI=1S/C17H20N4O2S/c1-20-11-12(10-18-20)13-9-15(22)19-17(13)4-6-21(7-5-17)16(23)14-3-2-8-24-14/h2-3,8,10-11,13H,4-7,9H2,1H3,(H,19,22)/t13-/m0/s1. The fourth-order valence-electron chi connectivity index (χ4n) is 3.99. The van der Waals surface area contributed by atoms with Gasteiger partial charge in [0, 0.05) is 38.7 Å². The Hall–Kier alpha value is -2.15. The molecule has 7 heteroatoms. The van der Waals surface area contributed by atoms with Crippen molar-refractivity contribution in [3.8, 4) is 0 Å². The van der Waals surface area contributed by atoms with Gasteiger partial charge in [-0.2, -0.15) is 5.10 Å². The molecular formula is C17H20N4O2S. The van der Waals surface area contributed by atoms with E-state index in [4.69, 9.17) is 0 Å². The van der Waals surface area contributed by atoms with E-state index < -0.39 is 0 Å². The molecule has 1 N–H and O–H groups in total. The minimum atomic E-state index is -0.244. The normalized spacial score (nSPS) is 22.8. The van der Waals surface area contributed by atoms with E-state index in [1.165, 1.54) is 11.3 Å². The lowest BCUT2D eigenvalue weighted by Crippen LogP contribution is -2.54. The molecule has 2 aromatic heterocycles. The Bertz CT molecular complexity index is 759. The Morgan fingerprint density at radius 2 is 2.21 bits per heavy atom. The van der Waals surface area contributed by atoms with Crippen LogP contribution in [-0.2, 0) is 11.8 Å². The van der Waals surface area contributed by atoms with E-state index in [9.17, 15) is 9.59 Å². The van der Waals surface area contributed by atoms with Gasteiger partial charge in [-0.25, -0.2) is 0 Å². The van der Waals surface area contributed by atoms with Crippen molar-refractivity contribution < 1.29 is 9.59 Å². The molecule has 0 aliphatic carbocycles. The Balaban J connectivity index is 1.52. The largest absolute Gasteiger partial charge is 0.350 e. The maximum absolute atomic E-state index is 12.5. The number of thiophene rings is 1. The third-order valence-corrected chi connectivity index (χ3v) is 6.10. The van der Waals surface area contributed by atoms with E-state index >= 15 is 0 Å². The van der Waals surface area contributed by atoms with Crippen LogP contribution in [0.5, 0.6) is 0 Å². The van der Waals surface area contributed by atoms with Gasteiger partial charge in [-0.3, -0.25) is 14.3 Å². The summed E-state index contributed by atoms with van der Waals surface area (Å²) in [5, 5.41) is 9.39. The number of aryl methyl sites for hydroxylation is 1. The summed E-state index contributed by atoms with van der Waals surface area (Å²) in [5.41, 5.74) is 0.862. The zero-order chi connectivity index (χ0) is 16.7. The SMILES string of the molecule is Cn1cc([C@@H]2CC(=O)NC23CCN(C(=O)c2cccs2)CC3)cn1. The lowest BCUT2D eigenvalue weighted by Gasteiger charge is -2.42. The molecule has 0 saturated carbocycles. The van der Waals surface area contributed by atoms with Crippen molar-refractivity contribution in [2.45, 2.75) is 30.7 Å². The first kappa shape index (κ1) is 15.4. The maximum Gasteiger partial charge on any atom is 0.263 e. The lowest BCUT2D eigenvalue weighted by molar-refractivity contribution is -0.120. The average Bonchev–Trinajstić information content (AvgIpc) is 3.28. The van der Waals surface area contributed by atoms with E-state index in [2.05, 4.69) is 10.4 Å². The summed E-state index contributed by atoms with van der Waals surface area (Å²) >= 11 is 1.48. The zero-order valence-electron chi connectivity index (χ0n) is 13.6. The van der Waals surface area contributed by atoms with E-state index in [0.29, 0.717) is 19.5 Å². The van der Waals surface area contributed by atoms with Crippen molar-refractivity contribution in [1.82, 2.24) is 20.0 Å². The van der Waals surface area contributed by atoms with Crippen LogP contribution in [0.1, 0.15) is 40.4 Å². The highest BCUT2D eigenvalue weighted by Crippen LogP contribution is 2.43. The van der Waals surface area contributed by atoms with Crippen LogP contribution in [0.2, 0.25) is 0 Å². The van der Waals surface area contributed by atoms with Gasteiger partial charge in [-0.05, 0) is 29.9 Å². The average molecular weight is 344 g/mol. The Morgan fingerprint density at radius 1 is 1.42 bits per heavy atom. The highest BCUT2D eigenvalue weighted by molar-refractivity contribution is 7.12. The topological polar surface area (TPSA) is 67.2 Å². The minimum absolute atomic E-state index is 0.0990. The predicted molar refractivity (Wildman–Crippen MR) is 90.9 cm³/mol. The smallest absolute Gasteiger partial charge is 0.263 e. The summed E-state index contributed by atoms with van der Waals surface area (Å²) < 4.78 is 1.78. The van der Waals surface area contributed by atoms with Crippen LogP contribution in [0.15, 0.2) is 29.9 Å². The van der Waals surface area contributed by atoms with Crippen LogP contribution in [0, 0.1) is 0 Å². The maximum atomic E-state index is 12.5. The first-order valence-electron chi connectivity index (χ1n) is 8.20. The van der Waals surface area contributed by atoms with Crippen molar-refractivity contribution in [3.05, 3.63) is 40.3 Å². The van der Waals surface area contributed by atoms with E-state index in [1.807, 2.05) is 41.9 Å². The number of piperidine rings is 1. The third-order valence-electron chi connectivity index (χ3n) is 5.25. The first-order chi connectivity index (χ1) is 11.6. The Kier molecular flexibility index (Phi) is 3.68. The molecule has 6 nitrogen and oxygen atoms in total. The number of carbonyl (C=O) groups is 2. The van der Waals surface area contributed by atoms with Crippen LogP contribution >= 0.6 is 11.3 Å². The number of likely N-dealkylation sites (tertiary alicyclic amines) is 1. The number of nitrogens with one attached hydrogen (secondary N) is 1. The second-order valence-corrected chi connectivity index (χ2v) is 7.63. The van der Waals surface area contributed by atoms with Gasteiger partial charge in [0.25, 0.3) is 5.91 Å². The molecule has 1 spiro atoms. The number of amides is 2. The van der Waals surface area contributed by atoms with Crippen LogP contribution < -0.4 is 5.32 Å². The van der Waals surface area contributed by atoms with Crippen molar-refractivity contribution in [2.24, 2.45) is 7.05 Å². The van der Waals surface area contributed by atoms with Crippen molar-refractivity contribution >= 4 is 23.2 Å². The Morgan fingerprint density at radius 3 is 2.83 bits per heavy atom. The van der Waals surface area contributed by atoms with Crippen LogP contribution in [0.25, 0.3) is 0 Å². The van der Waals surface area contributed by atoms with Crippen LogP contribution in [0.3, 0.4) is 0 Å². The van der Waals surface area contributed by atoms with E-state index in [1.54, 1.807) is 4.68 Å². The van der Waals surface area contributed by atoms with Gasteiger partial charge in [0.05, 0.1) is 16.6 Å². The molecule has 0 aromatic carbocycles. The number of rotatable bonds is 2. The molecule has 2 saturated heterocycles. The molecule has 2 amide bonds. The van der Waals surface area contributed by atoms with Crippen molar-refractivity contribution in [3.63, 3.8) is 0 Å². The molecule has 4 rings (SSSR count). The molecule has 126 valence electrons. The quantitative estimate of drug-likeness (QED) is 0.903. The molecule has 2 aliphatic rings. The molecule has 2 aliphatic heterocycles. The van der Waals surface area contributed by atoms with Gasteiger partial charge in [0.1, 0.15) is 0 Å². The molecule has 4 heterocycles. The summed E-state index contributed by atoms with van der Waals surface area (Å²) in [6.07, 6.45) is 5.93. The molecular weight excluding hydrogens is 324 g/mol. The number of hydrogen-bond acceptors (Lipinski definition) is 4. The van der Waals surface area contributed by atoms with Gasteiger partial charge >= 0.3 is 0 Å². The summed E-state index contributed by atoms with van der Waals surface area (Å²) in [4.78, 5) is 27.3. The van der Waals surface area contributed by atoms with Gasteiger partial charge in [0.15, 0.2) is 0 Å². The lowest BCUT2D eigenvalue weighted by atomic mass is 9.75. The summed E-state index contributed by atoms with van der Waals surface area (Å²) in [5.74, 6) is 0.335. The number of aromatic nitrogens is 2. The first-order valence-corrected chi connectivity index (χ1v) is 9.08. The van der Waals surface area contributed by atoms with Crippen LogP contribution in [-0.4, -0.2) is 45.1 Å². The van der Waals surface area contributed by atoms with Gasteiger partial charge in [0.2, 0.25) is 5.91 Å². The molecule has 0 unspecified atom stereocenters. The number of nitrogens with zero attached hydrogens (tertiary/aromatic N) is 3. The van der Waals surface area contributed by atoms with Crippen LogP contribution in [0.4, 0.5) is 0 Å². The van der Waals surface area contributed by atoms with Crippen molar-refractivity contribution in [2.75, 3.05) is 13.1 Å². The second-order valence-electron chi connectivity index (χ2n) is 6.68. The van der Waals surface area contributed by atoms with E-state index in [0.717, 1.165) is 23.3 Å². The third kappa shape index (κ3) is 2.53. The second kappa shape index (κ2) is 5.73. The summed E-state index contributed by atoms with van der Waals surface area (Å²) in [7, 11) is 1.89. The minimum Gasteiger partial charge on any atom is -0.350 e. The monoisotopic (exact) mass is 344 g/mol. The zero-order valence-corrected chi connectivity index (χ0v) is 14.4. The van der Waals surface area contributed by atoms with E-state index in [-0.39, 0.29) is 23.3 Å². The molecule has 2 aromatic rings. The molecule has 1 atom stereocenters. The predicted octanol–water partition coefficient (Wildman–Crippen LogP) is 1.76. The molecule has 0 bridgehead atoms. The Labute approximate surface area is 144 Å². The highest BCUT2D eigenvalue weighted by Gasteiger charge is 2.49. The highest BCUT2D eigenvalue weighted by atomic mass is 32.1.